The van der Waals surface area contributed by atoms with E-state index in [0.717, 1.165) is 16.5 Å². The molecule has 8 N–H and O–H groups in total. The van der Waals surface area contributed by atoms with Crippen LogP contribution in [0.1, 0.15) is 81.2 Å². The van der Waals surface area contributed by atoms with Crippen LogP contribution in [0.5, 0.6) is 0 Å². The fourth-order valence-electron chi connectivity index (χ4n) is 7.02. The van der Waals surface area contributed by atoms with E-state index >= 15 is 0 Å². The van der Waals surface area contributed by atoms with Crippen molar-refractivity contribution in [2.45, 2.75) is 130 Å². The molecule has 1 aromatic carbocycles. The van der Waals surface area contributed by atoms with Gasteiger partial charge in [0.25, 0.3) is 0 Å². The minimum absolute atomic E-state index is 0.00648. The Morgan fingerprint density at radius 2 is 1.11 bits per heavy atom. The van der Waals surface area contributed by atoms with Gasteiger partial charge in [-0.2, -0.15) is 0 Å². The first-order valence-corrected chi connectivity index (χ1v) is 20.7. The molecule has 6 amide bonds. The van der Waals surface area contributed by atoms with Crippen molar-refractivity contribution >= 4 is 58.1 Å². The van der Waals surface area contributed by atoms with E-state index in [9.17, 15) is 28.8 Å². The van der Waals surface area contributed by atoms with Gasteiger partial charge < -0.3 is 36.9 Å². The molecule has 2 aromatic rings. The first-order chi connectivity index (χ1) is 25.9. The second kappa shape index (κ2) is 19.2. The average molecular weight is 783 g/mol. The maximum atomic E-state index is 14.4. The SMILES string of the molecule is CC(C)C[C@@H]1NC(=O)[C@@H](C(C)C)NC(=O)[C@H](C(C)C)NC(=O)[C@@H](C(C)C)NC(=O)[C@@H]2CSC(N2)[C@H](C(C)C)NC(=O)[C@@H](Cc2c[nH]c3ccccc23)NC1=O. The molecule has 0 aliphatic carbocycles. The van der Waals surface area contributed by atoms with Gasteiger partial charge in [-0.25, -0.2) is 0 Å². The molecule has 2 fully saturated rings. The lowest BCUT2D eigenvalue weighted by Crippen LogP contribution is -2.62. The zero-order chi connectivity index (χ0) is 40.7. The predicted octanol–water partition coefficient (Wildman–Crippen LogP) is 2.33. The van der Waals surface area contributed by atoms with E-state index in [0.29, 0.717) is 5.75 Å². The Bertz CT molecular complexity index is 1690. The summed E-state index contributed by atoms with van der Waals surface area (Å²) in [5.74, 6) is -3.65. The van der Waals surface area contributed by atoms with Crippen molar-refractivity contribution in [1.29, 1.82) is 0 Å². The number of carbonyl (C=O) groups is 6. The van der Waals surface area contributed by atoms with Gasteiger partial charge in [0.05, 0.1) is 17.5 Å². The van der Waals surface area contributed by atoms with Crippen molar-refractivity contribution in [2.75, 3.05) is 5.75 Å². The average Bonchev–Trinajstić information content (AvgIpc) is 3.76. The van der Waals surface area contributed by atoms with Crippen LogP contribution in [0.25, 0.3) is 10.9 Å². The van der Waals surface area contributed by atoms with Gasteiger partial charge >= 0.3 is 0 Å². The number of aromatic amines is 1. The maximum absolute atomic E-state index is 14.4. The Kier molecular flexibility index (Phi) is 15.2. The predicted molar refractivity (Wildman–Crippen MR) is 216 cm³/mol. The number of rotatable bonds is 8. The highest BCUT2D eigenvalue weighted by atomic mass is 32.2. The molecule has 15 heteroatoms. The number of H-pyrrole nitrogens is 1. The van der Waals surface area contributed by atoms with Gasteiger partial charge in [-0.05, 0) is 47.6 Å². The Morgan fingerprint density at radius 1 is 0.600 bits per heavy atom. The van der Waals surface area contributed by atoms with E-state index in [1.54, 1.807) is 27.7 Å². The summed E-state index contributed by atoms with van der Waals surface area (Å²) in [6.45, 7) is 18.6. The standard InChI is InChI=1S/C40H62N8O6S/c1-19(2)15-27-34(49)42-28(16-24-17-41-26-14-12-11-13-25(24)26)35(50)48-33(23(9)10)40-44-29(18-55-40)36(51)45-31(21(5)6)38(53)47-32(22(7)8)39(54)46-30(20(3)4)37(52)43-27/h11-14,17,19-23,27-33,40-41,44H,15-16,18H2,1-10H3,(H,42,49)(H,43,52)(H,45,51)(H,46,54)(H,47,53)(H,48,50)/t27-,28+,29-,30+,31+,32-,33-,40?/m0/s1. The summed E-state index contributed by atoms with van der Waals surface area (Å²) in [5.41, 5.74) is 1.73. The van der Waals surface area contributed by atoms with Crippen molar-refractivity contribution in [2.24, 2.45) is 29.6 Å². The summed E-state index contributed by atoms with van der Waals surface area (Å²) in [6.07, 6.45) is 2.28. The number of thioether (sulfide) groups is 1. The second-order valence-electron chi connectivity index (χ2n) is 16.8. The molecule has 2 saturated heterocycles. The number of amides is 6. The number of benzene rings is 1. The number of hydrogen-bond donors (Lipinski definition) is 8. The molecule has 2 aliphatic rings. The molecular weight excluding hydrogens is 721 g/mol. The van der Waals surface area contributed by atoms with Crippen LogP contribution in [0, 0.1) is 29.6 Å². The number of para-hydroxylation sites is 1. The summed E-state index contributed by atoms with van der Waals surface area (Å²) >= 11 is 1.50. The fourth-order valence-corrected chi connectivity index (χ4v) is 8.52. The fraction of sp³-hybridized carbons (Fsp3) is 0.650. The summed E-state index contributed by atoms with van der Waals surface area (Å²) in [4.78, 5) is 87.1. The van der Waals surface area contributed by atoms with E-state index in [1.165, 1.54) is 11.8 Å². The largest absolute Gasteiger partial charge is 0.361 e. The molecule has 0 spiro atoms. The topological polar surface area (TPSA) is 202 Å². The summed E-state index contributed by atoms with van der Waals surface area (Å²) in [6, 6.07) is 1.61. The molecule has 1 aromatic heterocycles. The first kappa shape index (κ1) is 43.6. The van der Waals surface area contributed by atoms with Crippen molar-refractivity contribution in [3.63, 3.8) is 0 Å². The van der Waals surface area contributed by atoms with Gasteiger partial charge in [0.2, 0.25) is 35.4 Å². The number of fused-ring (bicyclic) bond motifs is 3. The number of hydrogen-bond acceptors (Lipinski definition) is 8. The summed E-state index contributed by atoms with van der Waals surface area (Å²) in [5, 5.41) is 21.5. The van der Waals surface area contributed by atoms with E-state index < -0.39 is 71.8 Å². The lowest BCUT2D eigenvalue weighted by molar-refractivity contribution is -0.136. The Hall–Kier alpha value is -4.11. The Balaban J connectivity index is 1.76. The molecule has 0 saturated carbocycles. The van der Waals surface area contributed by atoms with Gasteiger partial charge in [-0.3, -0.25) is 34.1 Å². The third-order valence-electron chi connectivity index (χ3n) is 10.3. The molecule has 2 aliphatic heterocycles. The molecular formula is C40H62N8O6S. The van der Waals surface area contributed by atoms with E-state index in [1.807, 2.05) is 72.0 Å². The third-order valence-corrected chi connectivity index (χ3v) is 11.6. The van der Waals surface area contributed by atoms with Gasteiger partial charge in [0, 0.05) is 29.3 Å². The van der Waals surface area contributed by atoms with Crippen molar-refractivity contribution < 1.29 is 28.8 Å². The lowest BCUT2D eigenvalue weighted by Gasteiger charge is -2.31. The molecule has 2 bridgehead atoms. The normalized spacial score (nSPS) is 28.2. The van der Waals surface area contributed by atoms with Crippen LogP contribution >= 0.6 is 11.8 Å². The summed E-state index contributed by atoms with van der Waals surface area (Å²) < 4.78 is 0. The molecule has 4 rings (SSSR count). The highest BCUT2D eigenvalue weighted by Gasteiger charge is 2.40. The van der Waals surface area contributed by atoms with Crippen LogP contribution in [0.15, 0.2) is 30.5 Å². The van der Waals surface area contributed by atoms with Crippen LogP contribution in [-0.4, -0.2) is 93.8 Å². The molecule has 3 heterocycles. The van der Waals surface area contributed by atoms with Crippen LogP contribution in [0.3, 0.4) is 0 Å². The monoisotopic (exact) mass is 782 g/mol. The van der Waals surface area contributed by atoms with Gasteiger partial charge in [-0.15, -0.1) is 11.8 Å². The van der Waals surface area contributed by atoms with Gasteiger partial charge in [-0.1, -0.05) is 87.4 Å². The highest BCUT2D eigenvalue weighted by Crippen LogP contribution is 2.26. The first-order valence-electron chi connectivity index (χ1n) is 19.6. The van der Waals surface area contributed by atoms with Crippen LogP contribution in [-0.2, 0) is 35.2 Å². The number of nitrogens with one attached hydrogen (secondary N) is 8. The van der Waals surface area contributed by atoms with Gasteiger partial charge in [0.1, 0.15) is 30.2 Å². The zero-order valence-corrected chi connectivity index (χ0v) is 34.7. The molecule has 0 radical (unpaired) electrons. The highest BCUT2D eigenvalue weighted by molar-refractivity contribution is 8.00. The zero-order valence-electron chi connectivity index (χ0n) is 33.9. The van der Waals surface area contributed by atoms with Crippen LogP contribution in [0.2, 0.25) is 0 Å². The van der Waals surface area contributed by atoms with Gasteiger partial charge in [0.15, 0.2) is 0 Å². The third kappa shape index (κ3) is 11.2. The van der Waals surface area contributed by atoms with E-state index in [4.69, 9.17) is 0 Å². The molecule has 1 unspecified atom stereocenters. The quantitative estimate of drug-likeness (QED) is 0.199. The molecule has 8 atom stereocenters. The molecule has 304 valence electrons. The van der Waals surface area contributed by atoms with Crippen molar-refractivity contribution in [3.8, 4) is 0 Å². The smallest absolute Gasteiger partial charge is 0.243 e. The Labute approximate surface area is 329 Å². The van der Waals surface area contributed by atoms with Crippen LogP contribution < -0.4 is 37.2 Å². The number of aromatic nitrogens is 1. The maximum Gasteiger partial charge on any atom is 0.243 e. The minimum atomic E-state index is -1.04. The van der Waals surface area contributed by atoms with Crippen molar-refractivity contribution in [3.05, 3.63) is 36.0 Å². The lowest BCUT2D eigenvalue weighted by atomic mass is 9.97. The molecule has 14 nitrogen and oxygen atoms in total. The molecule has 55 heavy (non-hydrogen) atoms. The van der Waals surface area contributed by atoms with E-state index in [-0.39, 0.29) is 53.7 Å². The Morgan fingerprint density at radius 3 is 1.65 bits per heavy atom. The second-order valence-corrected chi connectivity index (χ2v) is 17.9. The number of carbonyl (C=O) groups excluding carboxylic acids is 6. The van der Waals surface area contributed by atoms with Crippen molar-refractivity contribution in [1.82, 2.24) is 42.2 Å². The van der Waals surface area contributed by atoms with E-state index in [2.05, 4.69) is 42.2 Å². The minimum Gasteiger partial charge on any atom is -0.361 e. The van der Waals surface area contributed by atoms with Crippen LogP contribution in [0.4, 0.5) is 0 Å². The summed E-state index contributed by atoms with van der Waals surface area (Å²) in [7, 11) is 0.